The molecule has 0 radical (unpaired) electrons. The molecule has 1 aromatic heterocycles. The quantitative estimate of drug-likeness (QED) is 0.242. The van der Waals surface area contributed by atoms with Gasteiger partial charge in [-0.1, -0.05) is 90.5 Å². The number of thiophene rings is 1. The number of fused-ring (bicyclic) bond motifs is 5. The van der Waals surface area contributed by atoms with E-state index in [4.69, 9.17) is 0 Å². The fraction of sp³-hybridized carbons (Fsp3) is 0.156. The van der Waals surface area contributed by atoms with Gasteiger partial charge in [-0.15, -0.1) is 11.3 Å². The van der Waals surface area contributed by atoms with Gasteiger partial charge in [-0.3, -0.25) is 14.4 Å². The third-order valence-corrected chi connectivity index (χ3v) is 9.07. The van der Waals surface area contributed by atoms with E-state index in [2.05, 4.69) is 4.90 Å². The third-order valence-electron chi connectivity index (χ3n) is 8.18. The number of aryl methyl sites for hydroxylation is 1. The summed E-state index contributed by atoms with van der Waals surface area (Å²) in [4.78, 5) is 46.1. The van der Waals surface area contributed by atoms with E-state index in [9.17, 15) is 14.4 Å². The van der Waals surface area contributed by atoms with Crippen LogP contribution < -0.4 is 4.90 Å². The summed E-state index contributed by atoms with van der Waals surface area (Å²) in [5.74, 6) is -1.11. The van der Waals surface area contributed by atoms with E-state index in [0.29, 0.717) is 16.0 Å². The molecule has 1 spiro atoms. The lowest BCUT2D eigenvalue weighted by Gasteiger charge is -2.37. The van der Waals surface area contributed by atoms with Gasteiger partial charge in [-0.2, -0.15) is 0 Å². The van der Waals surface area contributed by atoms with Crippen LogP contribution in [0.3, 0.4) is 0 Å². The molecule has 3 aliphatic rings. The molecule has 4 nitrogen and oxygen atoms in total. The summed E-state index contributed by atoms with van der Waals surface area (Å²) in [6.45, 7) is 2.01. The summed E-state index contributed by atoms with van der Waals surface area (Å²) in [6, 6.07) is 25.3. The summed E-state index contributed by atoms with van der Waals surface area (Å²) in [6.07, 6.45) is 3.96. The molecular weight excluding hydrogens is 478 g/mol. The van der Waals surface area contributed by atoms with Crippen LogP contribution in [0.4, 0.5) is 5.69 Å². The van der Waals surface area contributed by atoms with Crippen molar-refractivity contribution in [2.45, 2.75) is 24.9 Å². The van der Waals surface area contributed by atoms with Crippen LogP contribution in [0.15, 0.2) is 96.4 Å². The summed E-state index contributed by atoms with van der Waals surface area (Å²) in [5.41, 5.74) is 3.19. The maximum Gasteiger partial charge on any atom is 0.195 e. The van der Waals surface area contributed by atoms with Gasteiger partial charge in [0.1, 0.15) is 11.5 Å². The van der Waals surface area contributed by atoms with Crippen LogP contribution in [-0.4, -0.2) is 29.4 Å². The van der Waals surface area contributed by atoms with E-state index in [-0.39, 0.29) is 17.3 Å². The number of hydrogen-bond acceptors (Lipinski definition) is 5. The average Bonchev–Trinajstić information content (AvgIpc) is 3.63. The summed E-state index contributed by atoms with van der Waals surface area (Å²) >= 11 is 1.39. The molecule has 7 rings (SSSR count). The van der Waals surface area contributed by atoms with Crippen molar-refractivity contribution in [3.8, 4) is 0 Å². The molecule has 0 unspecified atom stereocenters. The monoisotopic (exact) mass is 501 g/mol. The van der Waals surface area contributed by atoms with Crippen LogP contribution in [0, 0.1) is 12.3 Å². The molecule has 4 aromatic rings. The molecule has 3 heterocycles. The average molecular weight is 502 g/mol. The Morgan fingerprint density at radius 1 is 0.838 bits per heavy atom. The van der Waals surface area contributed by atoms with E-state index < -0.39 is 23.4 Å². The smallest absolute Gasteiger partial charge is 0.195 e. The van der Waals surface area contributed by atoms with Crippen LogP contribution in [0.1, 0.15) is 53.0 Å². The van der Waals surface area contributed by atoms with E-state index in [1.54, 1.807) is 24.3 Å². The van der Waals surface area contributed by atoms with Crippen LogP contribution >= 0.6 is 11.3 Å². The van der Waals surface area contributed by atoms with E-state index in [0.717, 1.165) is 22.4 Å². The molecular formula is C32H23NO3S. The van der Waals surface area contributed by atoms with Gasteiger partial charge in [0.2, 0.25) is 0 Å². The minimum atomic E-state index is -1.44. The van der Waals surface area contributed by atoms with E-state index in [1.165, 1.54) is 11.3 Å². The van der Waals surface area contributed by atoms with Crippen molar-refractivity contribution in [3.63, 3.8) is 0 Å². The van der Waals surface area contributed by atoms with Crippen molar-refractivity contribution in [3.05, 3.63) is 129 Å². The number of para-hydroxylation sites is 1. The minimum Gasteiger partial charge on any atom is -0.352 e. The molecule has 37 heavy (non-hydrogen) atoms. The molecule has 1 saturated heterocycles. The standard InChI is InChI=1S/C32H23NO3S/c1-19-12-14-21(15-13-19)27-28(29(34)25-11-6-18-37-25)33-24-10-5-2-7-20(24)16-17-26(33)32(27)30(35)22-8-3-4-9-23(22)31(32)36/h2-18,26-28H,1H3/t26-,27+,28-/m1/s1. The maximum absolute atomic E-state index is 14.5. The van der Waals surface area contributed by atoms with E-state index >= 15 is 0 Å². The molecule has 0 N–H and O–H groups in total. The summed E-state index contributed by atoms with van der Waals surface area (Å²) in [5, 5.41) is 1.89. The normalized spacial score (nSPS) is 22.7. The van der Waals surface area contributed by atoms with Gasteiger partial charge in [0.15, 0.2) is 17.3 Å². The summed E-state index contributed by atoms with van der Waals surface area (Å²) < 4.78 is 0. The molecule has 180 valence electrons. The maximum atomic E-state index is 14.5. The molecule has 0 bridgehead atoms. The lowest BCUT2D eigenvalue weighted by Crippen LogP contribution is -2.48. The molecule has 2 aliphatic heterocycles. The highest BCUT2D eigenvalue weighted by Crippen LogP contribution is 2.61. The number of nitrogens with zero attached hydrogens (tertiary/aromatic N) is 1. The van der Waals surface area contributed by atoms with Crippen LogP contribution in [0.2, 0.25) is 0 Å². The van der Waals surface area contributed by atoms with Gasteiger partial charge >= 0.3 is 0 Å². The van der Waals surface area contributed by atoms with Crippen molar-refractivity contribution < 1.29 is 14.4 Å². The Kier molecular flexibility index (Phi) is 4.76. The zero-order valence-corrected chi connectivity index (χ0v) is 20.9. The number of Topliss-reactive ketones (excluding diaryl/α,β-unsaturated/α-hetero) is 3. The van der Waals surface area contributed by atoms with Crippen LogP contribution in [0.5, 0.6) is 0 Å². The molecule has 0 amide bonds. The van der Waals surface area contributed by atoms with Crippen LogP contribution in [-0.2, 0) is 0 Å². The highest BCUT2D eigenvalue weighted by atomic mass is 32.1. The predicted octanol–water partition coefficient (Wildman–Crippen LogP) is 6.37. The Balaban J connectivity index is 1.56. The van der Waals surface area contributed by atoms with Gasteiger partial charge in [0, 0.05) is 22.7 Å². The first kappa shape index (κ1) is 22.1. The first-order chi connectivity index (χ1) is 18.0. The molecule has 1 fully saturated rings. The van der Waals surface area contributed by atoms with Crippen LogP contribution in [0.25, 0.3) is 6.08 Å². The van der Waals surface area contributed by atoms with Gasteiger partial charge in [0.25, 0.3) is 0 Å². The number of benzene rings is 3. The largest absolute Gasteiger partial charge is 0.352 e. The third kappa shape index (κ3) is 2.86. The molecule has 0 saturated carbocycles. The second-order valence-corrected chi connectivity index (χ2v) is 11.0. The van der Waals surface area contributed by atoms with Crippen molar-refractivity contribution in [1.29, 1.82) is 0 Å². The zero-order chi connectivity index (χ0) is 25.3. The summed E-state index contributed by atoms with van der Waals surface area (Å²) in [7, 11) is 0. The number of anilines is 1. The topological polar surface area (TPSA) is 54.5 Å². The Hall–Kier alpha value is -4.09. The number of hydrogen-bond donors (Lipinski definition) is 0. The fourth-order valence-electron chi connectivity index (χ4n) is 6.63. The van der Waals surface area contributed by atoms with Gasteiger partial charge < -0.3 is 4.90 Å². The van der Waals surface area contributed by atoms with E-state index in [1.807, 2.05) is 85.1 Å². The first-order valence-electron chi connectivity index (χ1n) is 12.4. The number of ketones is 3. The molecule has 1 aliphatic carbocycles. The number of carbonyl (C=O) groups excluding carboxylic acids is 3. The highest BCUT2D eigenvalue weighted by molar-refractivity contribution is 7.12. The second-order valence-electron chi connectivity index (χ2n) is 10.0. The Labute approximate surface area is 218 Å². The molecule has 5 heteroatoms. The number of rotatable bonds is 3. The first-order valence-corrected chi connectivity index (χ1v) is 13.3. The van der Waals surface area contributed by atoms with Crippen molar-refractivity contribution in [1.82, 2.24) is 0 Å². The van der Waals surface area contributed by atoms with Crippen molar-refractivity contribution >= 4 is 40.4 Å². The Morgan fingerprint density at radius 3 is 2.19 bits per heavy atom. The predicted molar refractivity (Wildman–Crippen MR) is 146 cm³/mol. The van der Waals surface area contributed by atoms with Crippen molar-refractivity contribution in [2.24, 2.45) is 5.41 Å². The molecule has 3 aromatic carbocycles. The Morgan fingerprint density at radius 2 is 1.51 bits per heavy atom. The zero-order valence-electron chi connectivity index (χ0n) is 20.1. The molecule has 3 atom stereocenters. The lowest BCUT2D eigenvalue weighted by molar-refractivity contribution is 0.0666. The van der Waals surface area contributed by atoms with Gasteiger partial charge in [-0.05, 0) is 35.6 Å². The van der Waals surface area contributed by atoms with Crippen molar-refractivity contribution in [2.75, 3.05) is 4.90 Å². The second kappa shape index (κ2) is 7.95. The van der Waals surface area contributed by atoms with Gasteiger partial charge in [0.05, 0.1) is 10.9 Å². The Bertz CT molecular complexity index is 1580. The lowest BCUT2D eigenvalue weighted by atomic mass is 9.64. The fourth-order valence-corrected chi connectivity index (χ4v) is 7.33. The minimum absolute atomic E-state index is 0.0656. The SMILES string of the molecule is Cc1ccc([C@H]2[C@H](C(=O)c3cccs3)N3c4ccccc4C=C[C@@H]3C23C(=O)c2ccccc2C3=O)cc1. The van der Waals surface area contributed by atoms with Gasteiger partial charge in [-0.25, -0.2) is 0 Å². The highest BCUT2D eigenvalue weighted by Gasteiger charge is 2.71. The number of carbonyl (C=O) groups is 3.